The fraction of sp³-hybridized carbons (Fsp3) is 0.971. The Morgan fingerprint density at radius 1 is 0.316 bits per heavy atom. The third kappa shape index (κ3) is 62.1. The zero-order valence-corrected chi connectivity index (χ0v) is 52.0. The first-order valence-electron chi connectivity index (χ1n) is 35.3. The Kier molecular flexibility index (Phi) is 65.4. The van der Waals surface area contributed by atoms with Crippen LogP contribution in [0.3, 0.4) is 0 Å². The Labute approximate surface area is 476 Å². The number of aliphatic hydroxyl groups is 2. The van der Waals surface area contributed by atoms with E-state index in [9.17, 15) is 19.8 Å². The van der Waals surface area contributed by atoms with Crippen LogP contribution >= 0.6 is 0 Å². The smallest absolute Gasteiger partial charge is 0.305 e. The summed E-state index contributed by atoms with van der Waals surface area (Å²) < 4.78 is 5.48. The van der Waals surface area contributed by atoms with E-state index in [1.54, 1.807) is 0 Å². The van der Waals surface area contributed by atoms with Gasteiger partial charge in [-0.3, -0.25) is 9.59 Å². The van der Waals surface area contributed by atoms with Crippen molar-refractivity contribution in [1.82, 2.24) is 5.32 Å². The summed E-state index contributed by atoms with van der Waals surface area (Å²) >= 11 is 0. The first kappa shape index (κ1) is 74.9. The third-order valence-corrected chi connectivity index (χ3v) is 16.9. The van der Waals surface area contributed by atoms with E-state index in [-0.39, 0.29) is 18.5 Å². The molecule has 6 nitrogen and oxygen atoms in total. The molecule has 2 atom stereocenters. The Morgan fingerprint density at radius 2 is 0.539 bits per heavy atom. The minimum absolute atomic E-state index is 0.0232. The van der Waals surface area contributed by atoms with E-state index in [1.165, 1.54) is 340 Å². The summed E-state index contributed by atoms with van der Waals surface area (Å²) in [6, 6.07) is -0.535. The van der Waals surface area contributed by atoms with Crippen molar-refractivity contribution in [2.45, 2.75) is 424 Å². The van der Waals surface area contributed by atoms with Gasteiger partial charge >= 0.3 is 5.97 Å². The zero-order valence-electron chi connectivity index (χ0n) is 52.0. The van der Waals surface area contributed by atoms with Gasteiger partial charge in [0.05, 0.1) is 25.4 Å². The molecule has 0 rings (SSSR count). The Balaban J connectivity index is 3.28. The topological polar surface area (TPSA) is 95.9 Å². The number of aliphatic hydroxyl groups excluding tert-OH is 2. The summed E-state index contributed by atoms with van der Waals surface area (Å²) in [6.07, 6.45) is 80.3. The monoisotopic (exact) mass is 1070 g/mol. The normalized spacial score (nSPS) is 12.4. The number of carbonyl (C=O) groups is 2. The van der Waals surface area contributed by atoms with E-state index in [0.717, 1.165) is 38.5 Å². The molecule has 0 bridgehead atoms. The molecule has 454 valence electrons. The van der Waals surface area contributed by atoms with Crippen LogP contribution in [0.15, 0.2) is 0 Å². The predicted octanol–water partition coefficient (Wildman–Crippen LogP) is 22.6. The van der Waals surface area contributed by atoms with Crippen molar-refractivity contribution in [2.24, 2.45) is 0 Å². The minimum atomic E-state index is -0.658. The maximum absolute atomic E-state index is 12.5. The average molecular weight is 1070 g/mol. The lowest BCUT2D eigenvalue weighted by molar-refractivity contribution is -0.143. The van der Waals surface area contributed by atoms with Gasteiger partial charge in [-0.05, 0) is 25.7 Å². The van der Waals surface area contributed by atoms with Crippen LogP contribution in [0.25, 0.3) is 0 Å². The van der Waals surface area contributed by atoms with Crippen LogP contribution in [0.1, 0.15) is 412 Å². The van der Waals surface area contributed by atoms with Crippen LogP contribution in [0.5, 0.6) is 0 Å². The van der Waals surface area contributed by atoms with Gasteiger partial charge in [0.25, 0.3) is 0 Å². The number of unbranched alkanes of at least 4 members (excludes halogenated alkanes) is 56. The molecule has 0 aliphatic rings. The number of ether oxygens (including phenoxy) is 1. The molecular weight excluding hydrogens is 935 g/mol. The number of rotatable bonds is 67. The molecular formula is C70H139NO5. The molecule has 0 saturated carbocycles. The summed E-state index contributed by atoms with van der Waals surface area (Å²) in [4.78, 5) is 24.5. The van der Waals surface area contributed by atoms with Crippen molar-refractivity contribution in [3.8, 4) is 0 Å². The molecule has 0 aromatic rings. The molecule has 6 heteroatoms. The summed E-state index contributed by atoms with van der Waals surface area (Å²) in [6.45, 7) is 4.99. The number of nitrogens with one attached hydrogen (secondary N) is 1. The highest BCUT2D eigenvalue weighted by Crippen LogP contribution is 2.20. The molecule has 0 aliphatic carbocycles. The Hall–Kier alpha value is -1.14. The number of esters is 1. The van der Waals surface area contributed by atoms with Crippen molar-refractivity contribution >= 4 is 11.9 Å². The second-order valence-electron chi connectivity index (χ2n) is 24.6. The first-order valence-corrected chi connectivity index (χ1v) is 35.3. The van der Waals surface area contributed by atoms with Gasteiger partial charge in [-0.2, -0.15) is 0 Å². The van der Waals surface area contributed by atoms with Crippen molar-refractivity contribution in [3.05, 3.63) is 0 Å². The van der Waals surface area contributed by atoms with E-state index < -0.39 is 12.1 Å². The lowest BCUT2D eigenvalue weighted by atomic mass is 10.0. The summed E-state index contributed by atoms with van der Waals surface area (Å²) in [5, 5.41) is 23.3. The minimum Gasteiger partial charge on any atom is -0.466 e. The van der Waals surface area contributed by atoms with Crippen LogP contribution in [0.2, 0.25) is 0 Å². The van der Waals surface area contributed by atoms with Gasteiger partial charge in [-0.1, -0.05) is 373 Å². The molecule has 0 spiro atoms. The van der Waals surface area contributed by atoms with Crippen molar-refractivity contribution in [3.63, 3.8) is 0 Å². The molecule has 3 N–H and O–H groups in total. The second kappa shape index (κ2) is 66.4. The van der Waals surface area contributed by atoms with Crippen molar-refractivity contribution < 1.29 is 24.5 Å². The van der Waals surface area contributed by atoms with Crippen LogP contribution in [-0.4, -0.2) is 47.4 Å². The fourth-order valence-electron chi connectivity index (χ4n) is 11.5. The largest absolute Gasteiger partial charge is 0.466 e. The molecule has 0 aromatic heterocycles. The number of hydrogen-bond donors (Lipinski definition) is 3. The number of hydrogen-bond acceptors (Lipinski definition) is 5. The predicted molar refractivity (Wildman–Crippen MR) is 334 cm³/mol. The first-order chi connectivity index (χ1) is 37.5. The highest BCUT2D eigenvalue weighted by atomic mass is 16.5. The number of carbonyl (C=O) groups excluding carboxylic acids is 2. The molecule has 1 amide bonds. The second-order valence-corrected chi connectivity index (χ2v) is 24.6. The average Bonchev–Trinajstić information content (AvgIpc) is 3.42. The molecule has 0 saturated heterocycles. The molecule has 0 heterocycles. The third-order valence-electron chi connectivity index (χ3n) is 16.9. The molecule has 2 unspecified atom stereocenters. The molecule has 0 fully saturated rings. The van der Waals surface area contributed by atoms with Crippen LogP contribution < -0.4 is 5.32 Å². The molecule has 0 aromatic carbocycles. The summed E-state index contributed by atoms with van der Waals surface area (Å²) in [7, 11) is 0. The maximum atomic E-state index is 12.5. The summed E-state index contributed by atoms with van der Waals surface area (Å²) in [5.41, 5.74) is 0. The highest BCUT2D eigenvalue weighted by Gasteiger charge is 2.20. The van der Waals surface area contributed by atoms with Crippen molar-refractivity contribution in [2.75, 3.05) is 13.2 Å². The Bertz CT molecular complexity index is 1100. The van der Waals surface area contributed by atoms with Gasteiger partial charge < -0.3 is 20.3 Å². The van der Waals surface area contributed by atoms with Crippen LogP contribution in [0, 0.1) is 0 Å². The SMILES string of the molecule is CCCCCCCCCCCCCCCC(O)C(CO)NC(=O)CCCCCCCCCCCCCCCCCCCCCCCCCCCCCCCCCCCCCOC(=O)CCCCCCCCCCCCC. The van der Waals surface area contributed by atoms with E-state index >= 15 is 0 Å². The van der Waals surface area contributed by atoms with Gasteiger partial charge in [0.15, 0.2) is 0 Å². The molecule has 0 radical (unpaired) electrons. The molecule has 76 heavy (non-hydrogen) atoms. The fourth-order valence-corrected chi connectivity index (χ4v) is 11.5. The lowest BCUT2D eigenvalue weighted by Crippen LogP contribution is -2.45. The van der Waals surface area contributed by atoms with E-state index in [2.05, 4.69) is 19.2 Å². The van der Waals surface area contributed by atoms with Crippen LogP contribution in [-0.2, 0) is 14.3 Å². The van der Waals surface area contributed by atoms with Crippen molar-refractivity contribution in [1.29, 1.82) is 0 Å². The van der Waals surface area contributed by atoms with Gasteiger partial charge in [0.1, 0.15) is 0 Å². The highest BCUT2D eigenvalue weighted by molar-refractivity contribution is 5.76. The standard InChI is InChI=1S/C70H139NO5/c1-3-5-7-9-11-13-15-39-43-46-50-54-58-62-68(73)67(66-72)71-69(74)63-59-55-51-47-44-40-37-35-33-31-29-27-25-23-21-19-17-16-18-20-22-24-26-28-30-32-34-36-38-41-45-49-53-57-61-65-76-70(75)64-60-56-52-48-42-14-12-10-8-6-4-2/h67-68,72-73H,3-66H2,1-2H3,(H,71,74). The van der Waals surface area contributed by atoms with Gasteiger partial charge in [-0.25, -0.2) is 0 Å². The van der Waals surface area contributed by atoms with E-state index in [0.29, 0.717) is 25.9 Å². The maximum Gasteiger partial charge on any atom is 0.305 e. The van der Waals surface area contributed by atoms with Gasteiger partial charge in [0.2, 0.25) is 5.91 Å². The quantitative estimate of drug-likeness (QED) is 0.0417. The van der Waals surface area contributed by atoms with Crippen LogP contribution in [0.4, 0.5) is 0 Å². The van der Waals surface area contributed by atoms with Gasteiger partial charge in [0, 0.05) is 12.8 Å². The number of amides is 1. The van der Waals surface area contributed by atoms with Gasteiger partial charge in [-0.15, -0.1) is 0 Å². The zero-order chi connectivity index (χ0) is 55.0. The summed E-state index contributed by atoms with van der Waals surface area (Å²) in [5.74, 6) is -0.00362. The van der Waals surface area contributed by atoms with E-state index in [1.807, 2.05) is 0 Å². The molecule has 0 aliphatic heterocycles. The van der Waals surface area contributed by atoms with E-state index in [4.69, 9.17) is 4.74 Å². The Morgan fingerprint density at radius 3 is 0.803 bits per heavy atom. The lowest BCUT2D eigenvalue weighted by Gasteiger charge is -2.22.